The minimum Gasteiger partial charge on any atom is -0.0911 e. The first-order chi connectivity index (χ1) is 8.25. The van der Waals surface area contributed by atoms with Crippen LogP contribution in [0.4, 0.5) is 0 Å². The van der Waals surface area contributed by atoms with Crippen LogP contribution >= 0.6 is 0 Å². The molecule has 0 bridgehead atoms. The molecule has 0 aromatic heterocycles. The first-order valence-corrected chi connectivity index (χ1v) is 7.97. The highest BCUT2D eigenvalue weighted by molar-refractivity contribution is 6.77. The lowest BCUT2D eigenvalue weighted by molar-refractivity contribution is 1.46. The highest BCUT2D eigenvalue weighted by Crippen LogP contribution is 2.05. The Morgan fingerprint density at radius 1 is 0.882 bits per heavy atom. The third kappa shape index (κ3) is 3.43. The van der Waals surface area contributed by atoms with Gasteiger partial charge in [0.15, 0.2) is 0 Å². The van der Waals surface area contributed by atoms with Gasteiger partial charge in [0, 0.05) is 0 Å². The van der Waals surface area contributed by atoms with Crippen molar-refractivity contribution in [3.05, 3.63) is 71.4 Å². The molecule has 0 unspecified atom stereocenters. The van der Waals surface area contributed by atoms with Crippen molar-refractivity contribution in [2.24, 2.45) is 0 Å². The summed E-state index contributed by atoms with van der Waals surface area (Å²) in [5.74, 6) is 0. The van der Waals surface area contributed by atoms with Crippen LogP contribution in [0.5, 0.6) is 0 Å². The number of benzene rings is 2. The Morgan fingerprint density at radius 2 is 1.53 bits per heavy atom. The Morgan fingerprint density at radius 3 is 2.18 bits per heavy atom. The lowest BCUT2D eigenvalue weighted by Crippen LogP contribution is -2.23. The fourth-order valence-electron chi connectivity index (χ4n) is 1.70. The summed E-state index contributed by atoms with van der Waals surface area (Å²) in [6, 6.07) is 19.4. The van der Waals surface area contributed by atoms with E-state index in [4.69, 9.17) is 0 Å². The van der Waals surface area contributed by atoms with E-state index in [-0.39, 0.29) is 0 Å². The van der Waals surface area contributed by atoms with Crippen molar-refractivity contribution in [3.63, 3.8) is 0 Å². The van der Waals surface area contributed by atoms with Gasteiger partial charge in [-0.3, -0.25) is 0 Å². The zero-order valence-electron chi connectivity index (χ0n) is 10.4. The molecule has 85 valence electrons. The summed E-state index contributed by atoms with van der Waals surface area (Å²) in [4.78, 5) is 0. The molecular weight excluding hydrogens is 220 g/mol. The molecule has 0 aliphatic carbocycles. The van der Waals surface area contributed by atoms with E-state index < -0.39 is 8.80 Å². The summed E-state index contributed by atoms with van der Waals surface area (Å²) in [5, 5.41) is 1.46. The molecule has 0 saturated heterocycles. The Kier molecular flexibility index (Phi) is 3.94. The number of hydrogen-bond donors (Lipinski definition) is 0. The zero-order chi connectivity index (χ0) is 12.1. The molecule has 0 N–H and O–H groups in total. The van der Waals surface area contributed by atoms with Gasteiger partial charge in [0.25, 0.3) is 0 Å². The maximum absolute atomic E-state index is 2.35. The van der Waals surface area contributed by atoms with E-state index in [1.807, 2.05) is 0 Å². The SMILES string of the molecule is Cc1ccc(/C=C/[Si](C)c2ccccc2)cc1. The summed E-state index contributed by atoms with van der Waals surface area (Å²) >= 11 is 0. The van der Waals surface area contributed by atoms with Crippen LogP contribution in [0.2, 0.25) is 6.55 Å². The van der Waals surface area contributed by atoms with Gasteiger partial charge in [-0.15, -0.1) is 0 Å². The number of hydrogen-bond acceptors (Lipinski definition) is 0. The molecular formula is C16H17Si. The normalized spacial score (nSPS) is 11.2. The van der Waals surface area contributed by atoms with E-state index in [1.165, 1.54) is 16.3 Å². The van der Waals surface area contributed by atoms with Crippen LogP contribution in [0.3, 0.4) is 0 Å². The van der Waals surface area contributed by atoms with Crippen molar-refractivity contribution in [1.82, 2.24) is 0 Å². The standard InChI is InChI=1S/C16H17Si/c1-14-8-10-15(11-9-14)12-13-17(2)16-6-4-3-5-7-16/h3-13H,1-2H3/b13-12+. The Labute approximate surface area is 105 Å². The van der Waals surface area contributed by atoms with Gasteiger partial charge in [-0.25, -0.2) is 0 Å². The zero-order valence-corrected chi connectivity index (χ0v) is 11.4. The summed E-state index contributed by atoms with van der Waals surface area (Å²) in [7, 11) is -0.555. The van der Waals surface area contributed by atoms with Crippen LogP contribution in [0, 0.1) is 6.92 Å². The van der Waals surface area contributed by atoms with E-state index in [2.05, 4.69) is 79.8 Å². The molecule has 1 heteroatoms. The van der Waals surface area contributed by atoms with Gasteiger partial charge < -0.3 is 0 Å². The molecule has 0 atom stereocenters. The second-order valence-corrected chi connectivity index (χ2v) is 6.57. The summed E-state index contributed by atoms with van der Waals surface area (Å²) in [6.45, 7) is 4.44. The molecule has 0 fully saturated rings. The van der Waals surface area contributed by atoms with Crippen LogP contribution in [0.25, 0.3) is 6.08 Å². The molecule has 17 heavy (non-hydrogen) atoms. The maximum atomic E-state index is 2.35. The van der Waals surface area contributed by atoms with Crippen molar-refractivity contribution in [2.75, 3.05) is 0 Å². The maximum Gasteiger partial charge on any atom is 0.109 e. The van der Waals surface area contributed by atoms with Gasteiger partial charge in [0.05, 0.1) is 0 Å². The average molecular weight is 237 g/mol. The Balaban J connectivity index is 2.08. The van der Waals surface area contributed by atoms with Crippen LogP contribution in [-0.4, -0.2) is 8.80 Å². The topological polar surface area (TPSA) is 0 Å². The quantitative estimate of drug-likeness (QED) is 0.716. The summed E-state index contributed by atoms with van der Waals surface area (Å²) in [6.07, 6.45) is 2.24. The van der Waals surface area contributed by atoms with Gasteiger partial charge in [-0.1, -0.05) is 83.7 Å². The molecule has 2 aromatic carbocycles. The van der Waals surface area contributed by atoms with E-state index in [1.54, 1.807) is 0 Å². The molecule has 0 heterocycles. The molecule has 0 nitrogen and oxygen atoms in total. The predicted molar refractivity (Wildman–Crippen MR) is 77.9 cm³/mol. The molecule has 2 rings (SSSR count). The van der Waals surface area contributed by atoms with Crippen molar-refractivity contribution >= 4 is 20.1 Å². The largest absolute Gasteiger partial charge is 0.109 e. The van der Waals surface area contributed by atoms with Crippen LogP contribution < -0.4 is 5.19 Å². The van der Waals surface area contributed by atoms with Crippen molar-refractivity contribution < 1.29 is 0 Å². The average Bonchev–Trinajstić information content (AvgIpc) is 2.39. The molecule has 1 radical (unpaired) electrons. The van der Waals surface area contributed by atoms with Crippen LogP contribution in [0.1, 0.15) is 11.1 Å². The molecule has 0 saturated carbocycles. The Hall–Kier alpha value is -1.60. The molecule has 0 spiro atoms. The van der Waals surface area contributed by atoms with Gasteiger partial charge in [0.2, 0.25) is 0 Å². The fraction of sp³-hybridized carbons (Fsp3) is 0.125. The van der Waals surface area contributed by atoms with E-state index in [0.717, 1.165) is 0 Å². The van der Waals surface area contributed by atoms with Crippen LogP contribution in [0.15, 0.2) is 60.3 Å². The monoisotopic (exact) mass is 237 g/mol. The van der Waals surface area contributed by atoms with Gasteiger partial charge in [-0.2, -0.15) is 0 Å². The highest BCUT2D eigenvalue weighted by atomic mass is 28.3. The smallest absolute Gasteiger partial charge is 0.0911 e. The van der Waals surface area contributed by atoms with Gasteiger partial charge >= 0.3 is 0 Å². The van der Waals surface area contributed by atoms with E-state index in [0.29, 0.717) is 0 Å². The summed E-state index contributed by atoms with van der Waals surface area (Å²) < 4.78 is 0. The lowest BCUT2D eigenvalue weighted by atomic mass is 10.2. The van der Waals surface area contributed by atoms with Crippen LogP contribution in [-0.2, 0) is 0 Å². The van der Waals surface area contributed by atoms with Gasteiger partial charge in [0.1, 0.15) is 8.80 Å². The third-order valence-electron chi connectivity index (χ3n) is 2.83. The molecule has 2 aromatic rings. The first kappa shape index (κ1) is 11.9. The lowest BCUT2D eigenvalue weighted by Gasteiger charge is -2.03. The third-order valence-corrected chi connectivity index (χ3v) is 4.74. The summed E-state index contributed by atoms with van der Waals surface area (Å²) in [5.41, 5.74) is 4.95. The first-order valence-electron chi connectivity index (χ1n) is 5.89. The minimum atomic E-state index is -0.555. The predicted octanol–water partition coefficient (Wildman–Crippen LogP) is 3.58. The Bertz CT molecular complexity index is 483. The van der Waals surface area contributed by atoms with E-state index in [9.17, 15) is 0 Å². The van der Waals surface area contributed by atoms with Crippen molar-refractivity contribution in [3.8, 4) is 0 Å². The molecule has 0 aliphatic heterocycles. The van der Waals surface area contributed by atoms with Crippen molar-refractivity contribution in [1.29, 1.82) is 0 Å². The molecule has 0 aliphatic rings. The second-order valence-electron chi connectivity index (χ2n) is 4.29. The van der Waals surface area contributed by atoms with Gasteiger partial charge in [-0.05, 0) is 12.5 Å². The highest BCUT2D eigenvalue weighted by Gasteiger charge is 2.01. The molecule has 0 amide bonds. The van der Waals surface area contributed by atoms with Crippen molar-refractivity contribution in [2.45, 2.75) is 13.5 Å². The number of aryl methyl sites for hydroxylation is 1. The fourth-order valence-corrected chi connectivity index (χ4v) is 3.05. The second kappa shape index (κ2) is 5.64. The van der Waals surface area contributed by atoms with E-state index >= 15 is 0 Å². The number of rotatable bonds is 3. The minimum absolute atomic E-state index is 0.555.